The summed E-state index contributed by atoms with van der Waals surface area (Å²) in [5.41, 5.74) is 0.428. The van der Waals surface area contributed by atoms with Crippen LogP contribution in [0.4, 0.5) is 3.89 Å². The molecule has 0 saturated carbocycles. The van der Waals surface area contributed by atoms with Crippen LogP contribution in [0, 0.1) is 6.92 Å². The third-order valence-corrected chi connectivity index (χ3v) is 4.79. The van der Waals surface area contributed by atoms with E-state index < -0.39 is 10.2 Å². The molecule has 0 unspecified atom stereocenters. The van der Waals surface area contributed by atoms with Gasteiger partial charge in [-0.1, -0.05) is 3.89 Å². The van der Waals surface area contributed by atoms with E-state index in [1.807, 2.05) is 0 Å². The highest BCUT2D eigenvalue weighted by molar-refractivity contribution is 9.10. The van der Waals surface area contributed by atoms with Gasteiger partial charge in [0.1, 0.15) is 0 Å². The molecule has 0 N–H and O–H groups in total. The molecular weight excluding hydrogens is 255 g/mol. The Kier molecular flexibility index (Phi) is 2.36. The van der Waals surface area contributed by atoms with Gasteiger partial charge in [-0.05, 0) is 28.4 Å². The van der Waals surface area contributed by atoms with Gasteiger partial charge < -0.3 is 0 Å². The maximum atomic E-state index is 12.4. The zero-order valence-corrected chi connectivity index (χ0v) is 8.69. The van der Waals surface area contributed by atoms with Crippen molar-refractivity contribution in [1.82, 2.24) is 0 Å². The van der Waals surface area contributed by atoms with E-state index in [-0.39, 0.29) is 4.21 Å². The van der Waals surface area contributed by atoms with Gasteiger partial charge in [-0.2, -0.15) is 8.42 Å². The van der Waals surface area contributed by atoms with Crippen LogP contribution in [-0.2, 0) is 10.2 Å². The second-order valence-electron chi connectivity index (χ2n) is 1.93. The van der Waals surface area contributed by atoms with Gasteiger partial charge in [-0.3, -0.25) is 0 Å². The molecule has 0 aliphatic heterocycles. The van der Waals surface area contributed by atoms with Crippen LogP contribution in [-0.4, -0.2) is 8.42 Å². The molecule has 0 fully saturated rings. The highest BCUT2D eigenvalue weighted by atomic mass is 79.9. The van der Waals surface area contributed by atoms with Crippen molar-refractivity contribution >= 4 is 37.5 Å². The van der Waals surface area contributed by atoms with Crippen LogP contribution in [0.2, 0.25) is 0 Å². The third-order valence-electron chi connectivity index (χ3n) is 1.16. The molecule has 0 aliphatic carbocycles. The minimum Gasteiger partial charge on any atom is -0.188 e. The topological polar surface area (TPSA) is 34.1 Å². The summed E-state index contributed by atoms with van der Waals surface area (Å²) in [4.78, 5) is 0. The Morgan fingerprint density at radius 3 is 2.36 bits per heavy atom. The van der Waals surface area contributed by atoms with Crippen molar-refractivity contribution in [2.75, 3.05) is 0 Å². The lowest BCUT2D eigenvalue weighted by Crippen LogP contribution is -1.89. The van der Waals surface area contributed by atoms with E-state index in [0.29, 0.717) is 10.0 Å². The number of hydrogen-bond acceptors (Lipinski definition) is 3. The Bertz CT molecular complexity index is 368. The molecule has 6 heteroatoms. The van der Waals surface area contributed by atoms with Gasteiger partial charge in [0.05, 0.1) is 0 Å². The van der Waals surface area contributed by atoms with Gasteiger partial charge in [0.2, 0.25) is 0 Å². The Morgan fingerprint density at radius 2 is 2.18 bits per heavy atom. The average Bonchev–Trinajstić information content (AvgIpc) is 2.11. The van der Waals surface area contributed by atoms with Gasteiger partial charge >= 0.3 is 10.2 Å². The Balaban J connectivity index is 3.38. The van der Waals surface area contributed by atoms with Crippen LogP contribution in [0.3, 0.4) is 0 Å². The zero-order chi connectivity index (χ0) is 8.65. The van der Waals surface area contributed by atoms with E-state index in [1.54, 1.807) is 12.3 Å². The fraction of sp³-hybridized carbons (Fsp3) is 0.200. The van der Waals surface area contributed by atoms with Crippen LogP contribution in [0.5, 0.6) is 0 Å². The van der Waals surface area contributed by atoms with Crippen LogP contribution >= 0.6 is 27.3 Å². The number of thiophene rings is 1. The predicted octanol–water partition coefficient (Wildman–Crippen LogP) is 2.48. The summed E-state index contributed by atoms with van der Waals surface area (Å²) in [6, 6.07) is 0. The normalized spacial score (nSPS) is 11.9. The molecule has 1 heterocycles. The van der Waals surface area contributed by atoms with Crippen LogP contribution in [0.25, 0.3) is 0 Å². The molecule has 0 atom stereocenters. The van der Waals surface area contributed by atoms with Gasteiger partial charge in [0, 0.05) is 9.85 Å². The number of hydrogen-bond donors (Lipinski definition) is 0. The number of rotatable bonds is 1. The molecule has 0 bridgehead atoms. The molecule has 0 aromatic carbocycles. The summed E-state index contributed by atoms with van der Waals surface area (Å²) in [7, 11) is -4.52. The van der Waals surface area contributed by atoms with Gasteiger partial charge in [-0.25, -0.2) is 0 Å². The van der Waals surface area contributed by atoms with Crippen LogP contribution in [0.15, 0.2) is 14.1 Å². The average molecular weight is 259 g/mol. The van der Waals surface area contributed by atoms with Crippen molar-refractivity contribution in [1.29, 1.82) is 0 Å². The lowest BCUT2D eigenvalue weighted by atomic mass is 10.4. The molecule has 11 heavy (non-hydrogen) atoms. The van der Waals surface area contributed by atoms with E-state index in [4.69, 9.17) is 0 Å². The molecule has 1 rings (SSSR count). The summed E-state index contributed by atoms with van der Waals surface area (Å²) in [5, 5.41) is 1.54. The maximum absolute atomic E-state index is 12.4. The first kappa shape index (κ1) is 9.15. The van der Waals surface area contributed by atoms with Gasteiger partial charge in [0.15, 0.2) is 4.21 Å². The minimum absolute atomic E-state index is 0.218. The summed E-state index contributed by atoms with van der Waals surface area (Å²) in [6.07, 6.45) is 0. The second kappa shape index (κ2) is 2.84. The fourth-order valence-electron chi connectivity index (χ4n) is 0.620. The fourth-order valence-corrected chi connectivity index (χ4v) is 3.11. The zero-order valence-electron chi connectivity index (χ0n) is 5.47. The highest BCUT2D eigenvalue weighted by Gasteiger charge is 2.18. The molecule has 1 aromatic heterocycles. The van der Waals surface area contributed by atoms with E-state index in [0.717, 1.165) is 11.3 Å². The quantitative estimate of drug-likeness (QED) is 0.726. The first-order valence-electron chi connectivity index (χ1n) is 2.61. The van der Waals surface area contributed by atoms with E-state index in [1.165, 1.54) is 0 Å². The molecule has 0 spiro atoms. The van der Waals surface area contributed by atoms with E-state index >= 15 is 0 Å². The molecule has 62 valence electrons. The molecule has 2 nitrogen and oxygen atoms in total. The van der Waals surface area contributed by atoms with E-state index in [9.17, 15) is 12.3 Å². The largest absolute Gasteiger partial charge is 0.341 e. The van der Waals surface area contributed by atoms with E-state index in [2.05, 4.69) is 15.9 Å². The summed E-state index contributed by atoms with van der Waals surface area (Å²) >= 11 is 3.96. The molecule has 0 aliphatic rings. The third kappa shape index (κ3) is 1.80. The predicted molar refractivity (Wildman–Crippen MR) is 45.0 cm³/mol. The lowest BCUT2D eigenvalue weighted by Gasteiger charge is -1.90. The monoisotopic (exact) mass is 258 g/mol. The number of halogens is 2. The van der Waals surface area contributed by atoms with Crippen molar-refractivity contribution in [3.05, 3.63) is 15.4 Å². The van der Waals surface area contributed by atoms with Gasteiger partial charge in [-0.15, -0.1) is 11.3 Å². The molecule has 1 aromatic rings. The smallest absolute Gasteiger partial charge is 0.188 e. The van der Waals surface area contributed by atoms with Crippen LogP contribution in [0.1, 0.15) is 5.56 Å². The summed E-state index contributed by atoms with van der Waals surface area (Å²) < 4.78 is 33.5. The second-order valence-corrected chi connectivity index (χ2v) is 5.21. The van der Waals surface area contributed by atoms with Crippen molar-refractivity contribution in [2.24, 2.45) is 0 Å². The summed E-state index contributed by atoms with van der Waals surface area (Å²) in [6.45, 7) is 1.55. The first-order valence-corrected chi connectivity index (χ1v) is 5.67. The first-order chi connectivity index (χ1) is 4.93. The molecule has 0 radical (unpaired) electrons. The maximum Gasteiger partial charge on any atom is 0.341 e. The van der Waals surface area contributed by atoms with Gasteiger partial charge in [0.25, 0.3) is 0 Å². The Morgan fingerprint density at radius 1 is 1.64 bits per heavy atom. The summed E-state index contributed by atoms with van der Waals surface area (Å²) in [5.74, 6) is 0. The minimum atomic E-state index is -4.52. The van der Waals surface area contributed by atoms with Crippen molar-refractivity contribution in [3.8, 4) is 0 Å². The molecule has 0 amide bonds. The van der Waals surface area contributed by atoms with Crippen LogP contribution < -0.4 is 0 Å². The standard InChI is InChI=1S/C5H4BrFO2S2/c1-3-4(6)2-10-5(3)11(7,8)9/h2H,1H3. The Labute approximate surface area is 76.4 Å². The lowest BCUT2D eigenvalue weighted by molar-refractivity contribution is 0.554. The molecule has 0 saturated heterocycles. The van der Waals surface area contributed by atoms with Crippen molar-refractivity contribution in [3.63, 3.8) is 0 Å². The highest BCUT2D eigenvalue weighted by Crippen LogP contribution is 2.31. The Hall–Kier alpha value is 0.0600. The SMILES string of the molecule is Cc1c(Br)csc1S(=O)(=O)F. The molecular formula is C5H4BrFO2S2. The van der Waals surface area contributed by atoms with Crippen molar-refractivity contribution < 1.29 is 12.3 Å². The van der Waals surface area contributed by atoms with Crippen molar-refractivity contribution in [2.45, 2.75) is 11.1 Å².